The Morgan fingerprint density at radius 2 is 2.27 bits per heavy atom. The number of rotatable bonds is 3. The summed E-state index contributed by atoms with van der Waals surface area (Å²) in [7, 11) is 0. The van der Waals surface area contributed by atoms with Gasteiger partial charge in [-0.3, -0.25) is 9.59 Å². The van der Waals surface area contributed by atoms with Gasteiger partial charge in [-0.05, 0) is 25.8 Å². The summed E-state index contributed by atoms with van der Waals surface area (Å²) < 4.78 is 3.01. The zero-order chi connectivity index (χ0) is 15.5. The van der Waals surface area contributed by atoms with Crippen molar-refractivity contribution in [2.45, 2.75) is 32.4 Å². The third-order valence-electron chi connectivity index (χ3n) is 3.84. The summed E-state index contributed by atoms with van der Waals surface area (Å²) >= 11 is 0. The van der Waals surface area contributed by atoms with Gasteiger partial charge in [0.2, 0.25) is 5.91 Å². The van der Waals surface area contributed by atoms with E-state index in [1.54, 1.807) is 28.9 Å². The van der Waals surface area contributed by atoms with Crippen LogP contribution in [-0.2, 0) is 11.3 Å². The number of piperidine rings is 1. The van der Waals surface area contributed by atoms with E-state index in [9.17, 15) is 9.59 Å². The van der Waals surface area contributed by atoms with Crippen molar-refractivity contribution in [2.24, 2.45) is 0 Å². The second-order valence-electron chi connectivity index (χ2n) is 5.48. The summed E-state index contributed by atoms with van der Waals surface area (Å²) in [6.07, 6.45) is 5.05. The molecule has 0 aromatic carbocycles. The zero-order valence-electron chi connectivity index (χ0n) is 12.4. The number of hydrogen-bond donors (Lipinski definition) is 0. The smallest absolute Gasteiger partial charge is 0.267 e. The van der Waals surface area contributed by atoms with Gasteiger partial charge in [-0.25, -0.2) is 14.3 Å². The van der Waals surface area contributed by atoms with Crippen LogP contribution < -0.4 is 5.56 Å². The van der Waals surface area contributed by atoms with Gasteiger partial charge in [0.15, 0.2) is 0 Å². The molecular weight excluding hydrogens is 284 g/mol. The zero-order valence-corrected chi connectivity index (χ0v) is 12.4. The van der Waals surface area contributed by atoms with Gasteiger partial charge in [0.25, 0.3) is 5.56 Å². The molecule has 1 aliphatic heterocycles. The number of carbonyl (C=O) groups excluding carboxylic acids is 1. The first-order valence-electron chi connectivity index (χ1n) is 7.30. The Kier molecular flexibility index (Phi) is 3.99. The van der Waals surface area contributed by atoms with Crippen LogP contribution in [0.1, 0.15) is 24.6 Å². The van der Waals surface area contributed by atoms with Crippen molar-refractivity contribution in [3.8, 4) is 0 Å². The Hall–Kier alpha value is -2.51. The Morgan fingerprint density at radius 3 is 3.05 bits per heavy atom. The molecule has 0 radical (unpaired) electrons. The number of likely N-dealkylation sites (tertiary alicyclic amines) is 1. The second-order valence-corrected chi connectivity index (χ2v) is 5.48. The maximum atomic E-state index is 12.4. The molecule has 2 aromatic heterocycles. The minimum atomic E-state index is -0.260. The van der Waals surface area contributed by atoms with E-state index in [0.717, 1.165) is 12.8 Å². The van der Waals surface area contributed by atoms with Crippen LogP contribution in [0.25, 0.3) is 0 Å². The molecule has 8 nitrogen and oxygen atoms in total. The fourth-order valence-electron chi connectivity index (χ4n) is 2.70. The number of amides is 1. The predicted octanol–water partition coefficient (Wildman–Crippen LogP) is 0.00692. The summed E-state index contributed by atoms with van der Waals surface area (Å²) in [5, 5.41) is 8.25. The van der Waals surface area contributed by atoms with Crippen LogP contribution in [0, 0.1) is 6.92 Å². The van der Waals surface area contributed by atoms with Gasteiger partial charge in [0.05, 0.1) is 11.7 Å². The van der Waals surface area contributed by atoms with Crippen LogP contribution in [0.5, 0.6) is 0 Å². The molecule has 0 aliphatic carbocycles. The minimum Gasteiger partial charge on any atom is -0.339 e. The first-order chi connectivity index (χ1) is 10.6. The summed E-state index contributed by atoms with van der Waals surface area (Å²) in [6.45, 7) is 3.06. The molecule has 116 valence electrons. The molecule has 0 bridgehead atoms. The van der Waals surface area contributed by atoms with E-state index >= 15 is 0 Å². The average molecular weight is 302 g/mol. The van der Waals surface area contributed by atoms with Crippen molar-refractivity contribution in [1.82, 2.24) is 29.4 Å². The van der Waals surface area contributed by atoms with Crippen molar-refractivity contribution >= 4 is 5.91 Å². The van der Waals surface area contributed by atoms with E-state index in [4.69, 9.17) is 0 Å². The molecule has 0 saturated carbocycles. The normalized spacial score (nSPS) is 18.4. The Morgan fingerprint density at radius 1 is 1.41 bits per heavy atom. The number of aromatic nitrogens is 5. The molecule has 1 saturated heterocycles. The second kappa shape index (κ2) is 6.08. The SMILES string of the molecule is Cc1ccc(=O)n(CC(=O)N2CCCC(n3cncn3)C2)n1. The Bertz CT molecular complexity index is 708. The Labute approximate surface area is 127 Å². The summed E-state index contributed by atoms with van der Waals surface area (Å²) in [4.78, 5) is 29.9. The van der Waals surface area contributed by atoms with Gasteiger partial charge in [0.1, 0.15) is 19.2 Å². The molecular formula is C14H18N6O2. The highest BCUT2D eigenvalue weighted by Crippen LogP contribution is 2.20. The lowest BCUT2D eigenvalue weighted by molar-refractivity contribution is -0.133. The van der Waals surface area contributed by atoms with Gasteiger partial charge in [-0.1, -0.05) is 0 Å². The van der Waals surface area contributed by atoms with Gasteiger partial charge >= 0.3 is 0 Å². The quantitative estimate of drug-likeness (QED) is 0.797. The number of hydrogen-bond acceptors (Lipinski definition) is 5. The molecule has 1 unspecified atom stereocenters. The standard InChI is InChI=1S/C14H18N6O2/c1-11-4-5-13(21)19(17-11)8-14(22)18-6-2-3-12(7-18)20-10-15-9-16-20/h4-5,9-10,12H,2-3,6-8H2,1H3. The lowest BCUT2D eigenvalue weighted by atomic mass is 10.1. The van der Waals surface area contributed by atoms with Gasteiger partial charge in [-0.2, -0.15) is 10.2 Å². The summed E-state index contributed by atoms with van der Waals surface area (Å²) in [5.41, 5.74) is 0.454. The van der Waals surface area contributed by atoms with E-state index in [1.807, 2.05) is 0 Å². The van der Waals surface area contributed by atoms with Crippen LogP contribution in [0.3, 0.4) is 0 Å². The highest BCUT2D eigenvalue weighted by molar-refractivity contribution is 5.76. The molecule has 1 aliphatic rings. The fourth-order valence-corrected chi connectivity index (χ4v) is 2.70. The van der Waals surface area contributed by atoms with Crippen molar-refractivity contribution in [1.29, 1.82) is 0 Å². The van der Waals surface area contributed by atoms with E-state index in [0.29, 0.717) is 18.8 Å². The van der Waals surface area contributed by atoms with Crippen LogP contribution >= 0.6 is 0 Å². The largest absolute Gasteiger partial charge is 0.339 e. The van der Waals surface area contributed by atoms with Crippen LogP contribution in [0.2, 0.25) is 0 Å². The fraction of sp³-hybridized carbons (Fsp3) is 0.500. The van der Waals surface area contributed by atoms with Gasteiger partial charge in [0, 0.05) is 19.2 Å². The highest BCUT2D eigenvalue weighted by Gasteiger charge is 2.25. The van der Waals surface area contributed by atoms with E-state index in [2.05, 4.69) is 15.2 Å². The molecule has 1 amide bonds. The molecule has 1 fully saturated rings. The monoisotopic (exact) mass is 302 g/mol. The lowest BCUT2D eigenvalue weighted by Crippen LogP contribution is -2.43. The average Bonchev–Trinajstić information content (AvgIpc) is 3.05. The van der Waals surface area contributed by atoms with Crippen molar-refractivity contribution in [2.75, 3.05) is 13.1 Å². The Balaban J connectivity index is 1.69. The van der Waals surface area contributed by atoms with Gasteiger partial charge < -0.3 is 4.90 Å². The molecule has 8 heteroatoms. The highest BCUT2D eigenvalue weighted by atomic mass is 16.2. The number of nitrogens with zero attached hydrogens (tertiary/aromatic N) is 6. The van der Waals surface area contributed by atoms with Crippen LogP contribution in [0.15, 0.2) is 29.6 Å². The van der Waals surface area contributed by atoms with Gasteiger partial charge in [-0.15, -0.1) is 0 Å². The number of carbonyl (C=O) groups is 1. The first-order valence-corrected chi connectivity index (χ1v) is 7.30. The van der Waals surface area contributed by atoms with Crippen molar-refractivity contribution in [3.63, 3.8) is 0 Å². The maximum Gasteiger partial charge on any atom is 0.267 e. The maximum absolute atomic E-state index is 12.4. The topological polar surface area (TPSA) is 85.9 Å². The molecule has 22 heavy (non-hydrogen) atoms. The van der Waals surface area contributed by atoms with Crippen molar-refractivity contribution in [3.05, 3.63) is 40.8 Å². The van der Waals surface area contributed by atoms with E-state index < -0.39 is 0 Å². The first kappa shape index (κ1) is 14.4. The van der Waals surface area contributed by atoms with E-state index in [1.165, 1.54) is 17.1 Å². The summed E-state index contributed by atoms with van der Waals surface area (Å²) in [6, 6.07) is 3.22. The lowest BCUT2D eigenvalue weighted by Gasteiger charge is -2.32. The van der Waals surface area contributed by atoms with Crippen molar-refractivity contribution < 1.29 is 4.79 Å². The third kappa shape index (κ3) is 3.05. The summed E-state index contributed by atoms with van der Waals surface area (Å²) in [5.74, 6) is -0.0926. The molecule has 2 aromatic rings. The number of aryl methyl sites for hydroxylation is 1. The van der Waals surface area contributed by atoms with E-state index in [-0.39, 0.29) is 24.1 Å². The minimum absolute atomic E-state index is 0.0232. The third-order valence-corrected chi connectivity index (χ3v) is 3.84. The van der Waals surface area contributed by atoms with Crippen LogP contribution in [-0.4, -0.2) is 48.4 Å². The molecule has 3 rings (SSSR count). The van der Waals surface area contributed by atoms with Crippen LogP contribution in [0.4, 0.5) is 0 Å². The predicted molar refractivity (Wildman–Crippen MR) is 78.1 cm³/mol. The molecule has 0 N–H and O–H groups in total. The molecule has 3 heterocycles. The molecule has 1 atom stereocenters. The molecule has 0 spiro atoms.